The third kappa shape index (κ3) is 3.64. The summed E-state index contributed by atoms with van der Waals surface area (Å²) in [6, 6.07) is 6.23. The van der Waals surface area contributed by atoms with Gasteiger partial charge in [0.1, 0.15) is 5.75 Å². The Morgan fingerprint density at radius 1 is 1.22 bits per heavy atom. The first-order chi connectivity index (χ1) is 8.49. The van der Waals surface area contributed by atoms with E-state index in [0.29, 0.717) is 11.8 Å². The Balaban J connectivity index is 2.95. The highest BCUT2D eigenvalue weighted by Crippen LogP contribution is 2.29. The first-order valence-corrected chi connectivity index (χ1v) is 6.54. The van der Waals surface area contributed by atoms with Crippen molar-refractivity contribution in [3.63, 3.8) is 0 Å². The van der Waals surface area contributed by atoms with Crippen molar-refractivity contribution in [3.8, 4) is 5.75 Å². The summed E-state index contributed by atoms with van der Waals surface area (Å²) in [6.07, 6.45) is 0. The van der Waals surface area contributed by atoms with E-state index in [9.17, 15) is 5.11 Å². The number of ether oxygens (including phenoxy) is 1. The molecule has 0 radical (unpaired) electrons. The zero-order valence-corrected chi connectivity index (χ0v) is 12.0. The van der Waals surface area contributed by atoms with Crippen molar-refractivity contribution < 1.29 is 9.84 Å². The van der Waals surface area contributed by atoms with Crippen LogP contribution in [0.25, 0.3) is 0 Å². The van der Waals surface area contributed by atoms with Crippen LogP contribution < -0.4 is 10.1 Å². The molecule has 0 fully saturated rings. The van der Waals surface area contributed by atoms with Crippen LogP contribution in [-0.2, 0) is 0 Å². The Labute approximate surface area is 110 Å². The van der Waals surface area contributed by atoms with Crippen LogP contribution in [0.2, 0.25) is 0 Å². The molecule has 0 aliphatic heterocycles. The van der Waals surface area contributed by atoms with Crippen LogP contribution in [0, 0.1) is 5.92 Å². The van der Waals surface area contributed by atoms with Gasteiger partial charge in [0.05, 0.1) is 25.4 Å². The lowest BCUT2D eigenvalue weighted by Gasteiger charge is -2.23. The first kappa shape index (κ1) is 14.8. The fourth-order valence-electron chi connectivity index (χ4n) is 1.81. The number of aliphatic hydroxyl groups is 1. The molecule has 2 N–H and O–H groups in total. The molecule has 1 rings (SSSR count). The summed E-state index contributed by atoms with van der Waals surface area (Å²) in [5.41, 5.74) is 2.19. The number of anilines is 1. The van der Waals surface area contributed by atoms with Gasteiger partial charge < -0.3 is 15.2 Å². The molecule has 102 valence electrons. The highest BCUT2D eigenvalue weighted by Gasteiger charge is 2.14. The topological polar surface area (TPSA) is 41.5 Å². The van der Waals surface area contributed by atoms with Gasteiger partial charge in [-0.25, -0.2) is 0 Å². The molecule has 0 saturated carbocycles. The largest absolute Gasteiger partial charge is 0.495 e. The van der Waals surface area contributed by atoms with Crippen LogP contribution >= 0.6 is 0 Å². The van der Waals surface area contributed by atoms with Crippen LogP contribution in [0.4, 0.5) is 5.69 Å². The van der Waals surface area contributed by atoms with E-state index in [1.165, 1.54) is 5.56 Å². The van der Waals surface area contributed by atoms with E-state index in [4.69, 9.17) is 4.74 Å². The quantitative estimate of drug-likeness (QED) is 0.815. The molecular weight excluding hydrogens is 226 g/mol. The van der Waals surface area contributed by atoms with Gasteiger partial charge in [0.2, 0.25) is 0 Å². The second-order valence-electron chi connectivity index (χ2n) is 5.29. The lowest BCUT2D eigenvalue weighted by molar-refractivity contribution is 0.249. The van der Waals surface area contributed by atoms with Crippen molar-refractivity contribution in [1.82, 2.24) is 0 Å². The first-order valence-electron chi connectivity index (χ1n) is 6.54. The maximum Gasteiger partial charge on any atom is 0.142 e. The van der Waals surface area contributed by atoms with Crippen LogP contribution in [0.3, 0.4) is 0 Å². The van der Waals surface area contributed by atoms with Gasteiger partial charge in [-0.2, -0.15) is 0 Å². The minimum atomic E-state index is 0.0452. The Hall–Kier alpha value is -1.22. The zero-order chi connectivity index (χ0) is 13.7. The second-order valence-corrected chi connectivity index (χ2v) is 5.29. The summed E-state index contributed by atoms with van der Waals surface area (Å²) in [7, 11) is 1.67. The number of hydrogen-bond donors (Lipinski definition) is 2. The van der Waals surface area contributed by atoms with Crippen LogP contribution in [0.5, 0.6) is 5.75 Å². The van der Waals surface area contributed by atoms with Gasteiger partial charge in [-0.05, 0) is 29.5 Å². The number of nitrogens with one attached hydrogen (secondary N) is 1. The SMILES string of the molecule is COc1cc(C(C)C)ccc1NC(CO)C(C)C. The van der Waals surface area contributed by atoms with E-state index in [-0.39, 0.29) is 12.6 Å². The zero-order valence-electron chi connectivity index (χ0n) is 12.0. The van der Waals surface area contributed by atoms with E-state index >= 15 is 0 Å². The molecule has 0 saturated heterocycles. The van der Waals surface area contributed by atoms with E-state index in [2.05, 4.69) is 45.1 Å². The fourth-order valence-corrected chi connectivity index (χ4v) is 1.81. The third-order valence-electron chi connectivity index (χ3n) is 3.23. The minimum absolute atomic E-state index is 0.0452. The van der Waals surface area contributed by atoms with Gasteiger partial charge in [-0.1, -0.05) is 33.8 Å². The summed E-state index contributed by atoms with van der Waals surface area (Å²) in [6.45, 7) is 8.61. The predicted octanol–water partition coefficient (Wildman–Crippen LogP) is 3.25. The highest BCUT2D eigenvalue weighted by molar-refractivity contribution is 5.58. The molecule has 0 aromatic heterocycles. The average molecular weight is 251 g/mol. The van der Waals surface area contributed by atoms with E-state index in [1.807, 2.05) is 6.07 Å². The maximum absolute atomic E-state index is 9.36. The number of aliphatic hydroxyl groups excluding tert-OH is 1. The van der Waals surface area contributed by atoms with Crippen LogP contribution in [0.1, 0.15) is 39.2 Å². The van der Waals surface area contributed by atoms with Crippen molar-refractivity contribution in [2.75, 3.05) is 19.0 Å². The van der Waals surface area contributed by atoms with Gasteiger partial charge in [0, 0.05) is 0 Å². The van der Waals surface area contributed by atoms with Crippen molar-refractivity contribution in [2.45, 2.75) is 39.7 Å². The molecule has 0 bridgehead atoms. The van der Waals surface area contributed by atoms with Crippen molar-refractivity contribution in [1.29, 1.82) is 0 Å². The summed E-state index contributed by atoms with van der Waals surface area (Å²) in [5, 5.41) is 12.7. The molecule has 1 unspecified atom stereocenters. The molecule has 3 heteroatoms. The predicted molar refractivity (Wildman–Crippen MR) is 76.4 cm³/mol. The van der Waals surface area contributed by atoms with Crippen molar-refractivity contribution in [3.05, 3.63) is 23.8 Å². The van der Waals surface area contributed by atoms with E-state index < -0.39 is 0 Å². The van der Waals surface area contributed by atoms with Gasteiger partial charge in [0.15, 0.2) is 0 Å². The summed E-state index contributed by atoms with van der Waals surface area (Å²) >= 11 is 0. The molecule has 0 amide bonds. The number of rotatable bonds is 6. The molecule has 1 aromatic rings. The molecule has 0 aliphatic carbocycles. The second kappa shape index (κ2) is 6.64. The van der Waals surface area contributed by atoms with Gasteiger partial charge in [-0.3, -0.25) is 0 Å². The Morgan fingerprint density at radius 3 is 2.33 bits per heavy atom. The average Bonchev–Trinajstić information content (AvgIpc) is 2.35. The Kier molecular flexibility index (Phi) is 5.48. The molecule has 1 atom stereocenters. The molecular formula is C15H25NO2. The third-order valence-corrected chi connectivity index (χ3v) is 3.23. The number of methoxy groups -OCH3 is 1. The summed E-state index contributed by atoms with van der Waals surface area (Å²) in [4.78, 5) is 0. The van der Waals surface area contributed by atoms with E-state index in [1.54, 1.807) is 7.11 Å². The smallest absolute Gasteiger partial charge is 0.142 e. The Morgan fingerprint density at radius 2 is 1.89 bits per heavy atom. The highest BCUT2D eigenvalue weighted by atomic mass is 16.5. The summed E-state index contributed by atoms with van der Waals surface area (Å²) < 4.78 is 5.42. The monoisotopic (exact) mass is 251 g/mol. The molecule has 0 spiro atoms. The molecule has 0 heterocycles. The van der Waals surface area contributed by atoms with Gasteiger partial charge in [0.25, 0.3) is 0 Å². The number of hydrogen-bond acceptors (Lipinski definition) is 3. The van der Waals surface area contributed by atoms with Gasteiger partial charge >= 0.3 is 0 Å². The normalized spacial score (nSPS) is 12.9. The van der Waals surface area contributed by atoms with Crippen LogP contribution in [-0.4, -0.2) is 24.9 Å². The maximum atomic E-state index is 9.36. The molecule has 3 nitrogen and oxygen atoms in total. The Bertz CT molecular complexity index is 375. The van der Waals surface area contributed by atoms with Crippen LogP contribution in [0.15, 0.2) is 18.2 Å². The molecule has 18 heavy (non-hydrogen) atoms. The van der Waals surface area contributed by atoms with Crippen molar-refractivity contribution in [2.24, 2.45) is 5.92 Å². The van der Waals surface area contributed by atoms with Crippen molar-refractivity contribution >= 4 is 5.69 Å². The lowest BCUT2D eigenvalue weighted by atomic mass is 10.0. The van der Waals surface area contributed by atoms with Gasteiger partial charge in [-0.15, -0.1) is 0 Å². The molecule has 0 aliphatic rings. The standard InChI is InChI=1S/C15H25NO2/c1-10(2)12-6-7-13(15(8-12)18-5)16-14(9-17)11(3)4/h6-8,10-11,14,16-17H,9H2,1-5H3. The fraction of sp³-hybridized carbons (Fsp3) is 0.600. The number of benzene rings is 1. The summed E-state index contributed by atoms with van der Waals surface area (Å²) in [5.74, 6) is 1.68. The molecule has 1 aromatic carbocycles. The van der Waals surface area contributed by atoms with E-state index in [0.717, 1.165) is 11.4 Å². The minimum Gasteiger partial charge on any atom is -0.495 e. The lowest BCUT2D eigenvalue weighted by Crippen LogP contribution is -2.29.